The maximum Gasteiger partial charge on any atom is 0.252 e. The van der Waals surface area contributed by atoms with Crippen molar-refractivity contribution in [1.29, 1.82) is 0 Å². The van der Waals surface area contributed by atoms with Crippen molar-refractivity contribution in [2.45, 2.75) is 23.5 Å². The molecular formula is C24H26N2O5S2. The van der Waals surface area contributed by atoms with E-state index in [-0.39, 0.29) is 12.3 Å². The minimum absolute atomic E-state index is 0.101. The van der Waals surface area contributed by atoms with Gasteiger partial charge in [-0.2, -0.15) is 4.31 Å². The molecule has 1 saturated heterocycles. The van der Waals surface area contributed by atoms with Gasteiger partial charge in [0.05, 0.1) is 20.6 Å². The number of nitrogens with one attached hydrogen (secondary N) is 1. The third-order valence-corrected chi connectivity index (χ3v) is 8.97. The van der Waals surface area contributed by atoms with Crippen molar-refractivity contribution in [2.75, 3.05) is 32.6 Å². The normalized spacial score (nSPS) is 14.2. The maximum atomic E-state index is 12.7. The summed E-state index contributed by atoms with van der Waals surface area (Å²) in [5.74, 6) is 1.23. The second kappa shape index (κ2) is 9.94. The molecule has 1 aliphatic rings. The number of methoxy groups -OCH3 is 2. The van der Waals surface area contributed by atoms with Crippen LogP contribution in [-0.2, 0) is 21.2 Å². The highest BCUT2D eigenvalue weighted by atomic mass is 32.2. The molecule has 0 aliphatic carbocycles. The molecular weight excluding hydrogens is 460 g/mol. The van der Waals surface area contributed by atoms with Crippen LogP contribution < -0.4 is 14.8 Å². The Hall–Kier alpha value is -2.88. The molecule has 0 atom stereocenters. The number of hydrogen-bond acceptors (Lipinski definition) is 6. The third-order valence-electron chi connectivity index (χ3n) is 5.52. The molecule has 0 spiro atoms. The number of ether oxygens (including phenoxy) is 2. The topological polar surface area (TPSA) is 84.9 Å². The zero-order chi connectivity index (χ0) is 23.4. The largest absolute Gasteiger partial charge is 0.497 e. The number of carbonyl (C=O) groups is 1. The Morgan fingerprint density at radius 2 is 1.73 bits per heavy atom. The lowest BCUT2D eigenvalue weighted by Gasteiger charge is -2.13. The van der Waals surface area contributed by atoms with Gasteiger partial charge < -0.3 is 14.8 Å². The average molecular weight is 487 g/mol. The first-order chi connectivity index (χ1) is 15.9. The molecule has 1 N–H and O–H groups in total. The number of nitrogens with zero attached hydrogens (tertiary/aromatic N) is 1. The van der Waals surface area contributed by atoms with E-state index < -0.39 is 10.0 Å². The number of carbonyl (C=O) groups excluding carboxylic acids is 1. The van der Waals surface area contributed by atoms with Crippen LogP contribution in [0.25, 0.3) is 11.1 Å². The molecule has 33 heavy (non-hydrogen) atoms. The van der Waals surface area contributed by atoms with Gasteiger partial charge in [-0.1, -0.05) is 12.1 Å². The van der Waals surface area contributed by atoms with Gasteiger partial charge >= 0.3 is 0 Å². The van der Waals surface area contributed by atoms with Crippen molar-refractivity contribution in [1.82, 2.24) is 4.31 Å². The highest BCUT2D eigenvalue weighted by Gasteiger charge is 2.28. The van der Waals surface area contributed by atoms with Crippen molar-refractivity contribution in [2.24, 2.45) is 0 Å². The minimum Gasteiger partial charge on any atom is -0.497 e. The molecule has 0 bridgehead atoms. The highest BCUT2D eigenvalue weighted by Crippen LogP contribution is 2.34. The molecule has 9 heteroatoms. The standard InChI is InChI=1S/C24H26N2O5S2/c1-30-19-8-5-17(6-9-19)21-15-18(7-11-22(21)31-2)25-23(27)16-20-10-12-24(32-20)33(28,29)26-13-3-4-14-26/h5-12,15H,3-4,13-14,16H2,1-2H3,(H,25,27). The minimum atomic E-state index is -3.46. The molecule has 4 rings (SSSR count). The molecule has 2 heterocycles. The quantitative estimate of drug-likeness (QED) is 0.510. The van der Waals surface area contributed by atoms with Crippen molar-refractivity contribution >= 4 is 33.0 Å². The molecule has 1 amide bonds. The van der Waals surface area contributed by atoms with Crippen molar-refractivity contribution in [3.63, 3.8) is 0 Å². The summed E-state index contributed by atoms with van der Waals surface area (Å²) in [4.78, 5) is 13.4. The summed E-state index contributed by atoms with van der Waals surface area (Å²) < 4.78 is 37.9. The van der Waals surface area contributed by atoms with Gasteiger partial charge in [0.1, 0.15) is 15.7 Å². The van der Waals surface area contributed by atoms with Gasteiger partial charge in [-0.15, -0.1) is 11.3 Å². The number of amides is 1. The Kier molecular flexibility index (Phi) is 7.02. The first-order valence-corrected chi connectivity index (χ1v) is 12.9. The summed E-state index contributed by atoms with van der Waals surface area (Å²) in [6.45, 7) is 1.12. The van der Waals surface area contributed by atoms with Gasteiger partial charge in [0.15, 0.2) is 0 Å². The first-order valence-electron chi connectivity index (χ1n) is 10.6. The average Bonchev–Trinajstić information content (AvgIpc) is 3.52. The van der Waals surface area contributed by atoms with Crippen LogP contribution in [0, 0.1) is 0 Å². The number of thiophene rings is 1. The molecule has 0 unspecified atom stereocenters. The van der Waals surface area contributed by atoms with Crippen molar-refractivity contribution < 1.29 is 22.7 Å². The summed E-state index contributed by atoms with van der Waals surface area (Å²) in [6, 6.07) is 16.3. The molecule has 1 aliphatic heterocycles. The Labute approximate surface area is 198 Å². The van der Waals surface area contributed by atoms with E-state index in [2.05, 4.69) is 5.32 Å². The van der Waals surface area contributed by atoms with Crippen LogP contribution in [0.5, 0.6) is 11.5 Å². The molecule has 7 nitrogen and oxygen atoms in total. The van der Waals surface area contributed by atoms with Gasteiger partial charge in [0.25, 0.3) is 10.0 Å². The number of anilines is 1. The number of sulfonamides is 1. The predicted molar refractivity (Wildman–Crippen MR) is 130 cm³/mol. The summed E-state index contributed by atoms with van der Waals surface area (Å²) in [6.07, 6.45) is 1.88. The smallest absolute Gasteiger partial charge is 0.252 e. The Balaban J connectivity index is 1.47. The third kappa shape index (κ3) is 5.21. The van der Waals surface area contributed by atoms with Crippen LogP contribution >= 0.6 is 11.3 Å². The highest BCUT2D eigenvalue weighted by molar-refractivity contribution is 7.91. The lowest BCUT2D eigenvalue weighted by Crippen LogP contribution is -2.27. The summed E-state index contributed by atoms with van der Waals surface area (Å²) in [5, 5.41) is 2.91. The predicted octanol–water partition coefficient (Wildman–Crippen LogP) is 4.40. The second-order valence-corrected chi connectivity index (χ2v) is 11.0. The molecule has 0 saturated carbocycles. The van der Waals surface area contributed by atoms with Crippen LogP contribution in [0.4, 0.5) is 5.69 Å². The first kappa shape index (κ1) is 23.3. The van der Waals surface area contributed by atoms with Gasteiger partial charge in [-0.05, 0) is 60.9 Å². The van der Waals surface area contributed by atoms with E-state index in [9.17, 15) is 13.2 Å². The summed E-state index contributed by atoms with van der Waals surface area (Å²) in [5.41, 5.74) is 2.40. The fourth-order valence-corrected chi connectivity index (χ4v) is 6.82. The second-order valence-electron chi connectivity index (χ2n) is 7.70. The lowest BCUT2D eigenvalue weighted by atomic mass is 10.0. The Morgan fingerprint density at radius 1 is 1.00 bits per heavy atom. The molecule has 1 aromatic heterocycles. The lowest BCUT2D eigenvalue weighted by molar-refractivity contribution is -0.115. The SMILES string of the molecule is COc1ccc(-c2cc(NC(=O)Cc3ccc(S(=O)(=O)N4CCCC4)s3)ccc2OC)cc1. The molecule has 174 valence electrons. The van der Waals surface area contributed by atoms with Gasteiger partial charge in [0, 0.05) is 29.2 Å². The van der Waals surface area contributed by atoms with E-state index in [0.29, 0.717) is 33.6 Å². The number of rotatable bonds is 8. The molecule has 0 radical (unpaired) electrons. The van der Waals surface area contributed by atoms with Crippen LogP contribution in [0.2, 0.25) is 0 Å². The van der Waals surface area contributed by atoms with Gasteiger partial charge in [-0.25, -0.2) is 8.42 Å². The Morgan fingerprint density at radius 3 is 2.39 bits per heavy atom. The summed E-state index contributed by atoms with van der Waals surface area (Å²) in [7, 11) is -0.247. The van der Waals surface area contributed by atoms with E-state index in [1.807, 2.05) is 30.3 Å². The van der Waals surface area contributed by atoms with E-state index in [1.165, 1.54) is 4.31 Å². The fraction of sp³-hybridized carbons (Fsp3) is 0.292. The van der Waals surface area contributed by atoms with Crippen molar-refractivity contribution in [3.8, 4) is 22.6 Å². The Bertz CT molecular complexity index is 1230. The van der Waals surface area contributed by atoms with Gasteiger partial charge in [-0.3, -0.25) is 4.79 Å². The van der Waals surface area contributed by atoms with E-state index in [1.54, 1.807) is 38.5 Å². The van der Waals surface area contributed by atoms with Crippen molar-refractivity contribution in [3.05, 3.63) is 59.5 Å². The van der Waals surface area contributed by atoms with Gasteiger partial charge in [0.2, 0.25) is 5.91 Å². The zero-order valence-corrected chi connectivity index (χ0v) is 20.2. The number of hydrogen-bond donors (Lipinski definition) is 1. The molecule has 1 fully saturated rings. The van der Waals surface area contributed by atoms with Crippen LogP contribution in [0.15, 0.2) is 58.8 Å². The van der Waals surface area contributed by atoms with E-state index in [4.69, 9.17) is 9.47 Å². The van der Waals surface area contributed by atoms with Crippen LogP contribution in [0.1, 0.15) is 17.7 Å². The summed E-state index contributed by atoms with van der Waals surface area (Å²) >= 11 is 1.15. The monoisotopic (exact) mass is 486 g/mol. The molecule has 3 aromatic rings. The van der Waals surface area contributed by atoms with Crippen LogP contribution in [0.3, 0.4) is 0 Å². The van der Waals surface area contributed by atoms with E-state index >= 15 is 0 Å². The van der Waals surface area contributed by atoms with E-state index in [0.717, 1.165) is 41.1 Å². The van der Waals surface area contributed by atoms with Crippen LogP contribution in [-0.4, -0.2) is 45.9 Å². The molecule has 2 aromatic carbocycles. The fourth-order valence-electron chi connectivity index (χ4n) is 3.79. The zero-order valence-electron chi connectivity index (χ0n) is 18.5. The maximum absolute atomic E-state index is 12.7. The number of benzene rings is 2.